The quantitative estimate of drug-likeness (QED) is 0.265. The summed E-state index contributed by atoms with van der Waals surface area (Å²) in [6.45, 7) is 11.3. The van der Waals surface area contributed by atoms with E-state index < -0.39 is 0 Å². The minimum absolute atomic E-state index is 0.755. The number of aromatic nitrogens is 1. The van der Waals surface area contributed by atoms with Gasteiger partial charge >= 0.3 is 0 Å². The molecule has 1 aliphatic rings. The van der Waals surface area contributed by atoms with Crippen LogP contribution in [0.3, 0.4) is 0 Å². The second-order valence-corrected chi connectivity index (χ2v) is 8.98. The molecule has 32 heavy (non-hydrogen) atoms. The van der Waals surface area contributed by atoms with E-state index in [1.54, 1.807) is 18.0 Å². The van der Waals surface area contributed by atoms with E-state index in [-0.39, 0.29) is 0 Å². The van der Waals surface area contributed by atoms with E-state index in [0.717, 1.165) is 67.8 Å². The van der Waals surface area contributed by atoms with Crippen LogP contribution in [0.15, 0.2) is 59.0 Å². The number of hydrogen-bond donors (Lipinski definition) is 1. The van der Waals surface area contributed by atoms with Crippen LogP contribution < -0.4 is 10.3 Å². The van der Waals surface area contributed by atoms with Crippen LogP contribution in [0.2, 0.25) is 0 Å². The van der Waals surface area contributed by atoms with Gasteiger partial charge in [-0.3, -0.25) is 5.43 Å². The first-order valence-corrected chi connectivity index (χ1v) is 12.4. The highest BCUT2D eigenvalue weighted by atomic mass is 32.2. The summed E-state index contributed by atoms with van der Waals surface area (Å²) in [7, 11) is 0. The van der Waals surface area contributed by atoms with Crippen LogP contribution in [-0.4, -0.2) is 54.6 Å². The second-order valence-electron chi connectivity index (χ2n) is 7.86. The van der Waals surface area contributed by atoms with Crippen molar-refractivity contribution in [2.24, 2.45) is 5.10 Å². The van der Waals surface area contributed by atoms with E-state index in [1.165, 1.54) is 11.3 Å². The minimum atomic E-state index is 0.755. The maximum Gasteiger partial charge on any atom is 0.149 e. The average molecular weight is 454 g/mol. The molecule has 0 aliphatic carbocycles. The van der Waals surface area contributed by atoms with Crippen molar-refractivity contribution in [1.29, 1.82) is 0 Å². The molecule has 1 aliphatic heterocycles. The summed E-state index contributed by atoms with van der Waals surface area (Å²) in [6, 6.07) is 12.6. The molecular weight excluding hydrogens is 418 g/mol. The zero-order valence-corrected chi connectivity index (χ0v) is 20.3. The van der Waals surface area contributed by atoms with Crippen molar-refractivity contribution in [1.82, 2.24) is 9.88 Å². The molecule has 0 saturated carbocycles. The molecule has 1 aromatic carbocycles. The summed E-state index contributed by atoms with van der Waals surface area (Å²) in [4.78, 5) is 9.54. The molecule has 0 unspecified atom stereocenters. The highest BCUT2D eigenvalue weighted by Crippen LogP contribution is 2.26. The molecule has 2 heterocycles. The molecule has 0 spiro atoms. The SMILES string of the molecule is CCCN(CCC)c1cc(N/N=C/c2cccc(C)c2)nc(SCCN2C=COCC2)c1. The predicted molar refractivity (Wildman–Crippen MR) is 137 cm³/mol. The lowest BCUT2D eigenvalue weighted by Gasteiger charge is -2.25. The summed E-state index contributed by atoms with van der Waals surface area (Å²) >= 11 is 1.78. The Labute approximate surface area is 196 Å². The summed E-state index contributed by atoms with van der Waals surface area (Å²) < 4.78 is 5.28. The topological polar surface area (TPSA) is 53.0 Å². The van der Waals surface area contributed by atoms with Gasteiger partial charge in [-0.1, -0.05) is 43.7 Å². The average Bonchev–Trinajstić information content (AvgIpc) is 2.80. The largest absolute Gasteiger partial charge is 0.498 e. The van der Waals surface area contributed by atoms with Crippen LogP contribution >= 0.6 is 11.8 Å². The highest BCUT2D eigenvalue weighted by Gasteiger charge is 2.11. The van der Waals surface area contributed by atoms with Gasteiger partial charge in [0.25, 0.3) is 0 Å². The minimum Gasteiger partial charge on any atom is -0.498 e. The Morgan fingerprint density at radius 3 is 2.78 bits per heavy atom. The third-order valence-electron chi connectivity index (χ3n) is 5.07. The molecule has 1 aromatic heterocycles. The summed E-state index contributed by atoms with van der Waals surface area (Å²) in [5.74, 6) is 1.74. The Morgan fingerprint density at radius 2 is 2.06 bits per heavy atom. The van der Waals surface area contributed by atoms with E-state index in [0.29, 0.717) is 0 Å². The number of hydrazone groups is 1. The van der Waals surface area contributed by atoms with Gasteiger partial charge < -0.3 is 14.5 Å². The Bertz CT molecular complexity index is 896. The van der Waals surface area contributed by atoms with Crippen LogP contribution in [0.1, 0.15) is 37.8 Å². The number of aryl methyl sites for hydroxylation is 1. The van der Waals surface area contributed by atoms with Gasteiger partial charge in [0.15, 0.2) is 0 Å². The number of pyridine rings is 1. The molecule has 0 saturated heterocycles. The smallest absolute Gasteiger partial charge is 0.149 e. The second kappa shape index (κ2) is 13.0. The van der Waals surface area contributed by atoms with Crippen molar-refractivity contribution in [3.8, 4) is 0 Å². The molecule has 0 amide bonds. The molecule has 6 nitrogen and oxygen atoms in total. The number of nitrogens with zero attached hydrogens (tertiary/aromatic N) is 4. The van der Waals surface area contributed by atoms with Crippen molar-refractivity contribution < 1.29 is 4.74 Å². The zero-order valence-electron chi connectivity index (χ0n) is 19.5. The molecule has 2 aromatic rings. The lowest BCUT2D eigenvalue weighted by Crippen LogP contribution is -2.27. The number of ether oxygens (including phenoxy) is 1. The van der Waals surface area contributed by atoms with Crippen LogP contribution in [0.25, 0.3) is 0 Å². The van der Waals surface area contributed by atoms with Crippen LogP contribution in [0.5, 0.6) is 0 Å². The Kier molecular flexibility index (Phi) is 9.75. The first kappa shape index (κ1) is 24.0. The Balaban J connectivity index is 1.72. The molecule has 0 fully saturated rings. The normalized spacial score (nSPS) is 13.4. The molecule has 7 heteroatoms. The number of hydrogen-bond acceptors (Lipinski definition) is 7. The van der Waals surface area contributed by atoms with Crippen molar-refractivity contribution in [3.05, 3.63) is 60.0 Å². The monoisotopic (exact) mass is 453 g/mol. The van der Waals surface area contributed by atoms with Gasteiger partial charge in [0.2, 0.25) is 0 Å². The first-order valence-electron chi connectivity index (χ1n) is 11.5. The highest BCUT2D eigenvalue weighted by molar-refractivity contribution is 7.99. The maximum absolute atomic E-state index is 5.28. The van der Waals surface area contributed by atoms with E-state index in [9.17, 15) is 0 Å². The predicted octanol–water partition coefficient (Wildman–Crippen LogP) is 5.36. The van der Waals surface area contributed by atoms with E-state index in [1.807, 2.05) is 24.5 Å². The number of nitrogens with one attached hydrogen (secondary N) is 1. The van der Waals surface area contributed by atoms with E-state index >= 15 is 0 Å². The molecule has 1 N–H and O–H groups in total. The lowest BCUT2D eigenvalue weighted by atomic mass is 10.2. The number of rotatable bonds is 12. The Hall–Kier alpha value is -2.67. The standard InChI is InChI=1S/C25H35N5OS/c1-4-9-30(10-5-2)23-18-24(28-26-20-22-8-6-7-21(3)17-22)27-25(19-23)32-16-13-29-11-14-31-15-12-29/h6-8,11,14,17-20H,4-5,9-10,12-13,15-16H2,1-3H3,(H,27,28)/b26-20+. The summed E-state index contributed by atoms with van der Waals surface area (Å²) in [5, 5.41) is 5.46. The molecule has 3 rings (SSSR count). The van der Waals surface area contributed by atoms with Crippen LogP contribution in [0, 0.1) is 6.92 Å². The molecule has 172 valence electrons. The van der Waals surface area contributed by atoms with Crippen molar-refractivity contribution in [2.75, 3.05) is 48.9 Å². The van der Waals surface area contributed by atoms with Gasteiger partial charge in [-0.05, 0) is 31.4 Å². The first-order chi connectivity index (χ1) is 15.7. The van der Waals surface area contributed by atoms with Crippen molar-refractivity contribution in [2.45, 2.75) is 38.6 Å². The van der Waals surface area contributed by atoms with Gasteiger partial charge in [0, 0.05) is 43.3 Å². The van der Waals surface area contributed by atoms with Gasteiger partial charge in [-0.15, -0.1) is 11.8 Å². The molecule has 0 radical (unpaired) electrons. The fourth-order valence-corrected chi connectivity index (χ4v) is 4.44. The van der Waals surface area contributed by atoms with E-state index in [2.05, 4.69) is 65.4 Å². The van der Waals surface area contributed by atoms with Gasteiger partial charge in [-0.2, -0.15) is 5.10 Å². The number of benzene rings is 1. The number of thioether (sulfide) groups is 1. The number of anilines is 2. The van der Waals surface area contributed by atoms with Crippen LogP contribution in [-0.2, 0) is 4.74 Å². The Morgan fingerprint density at radius 1 is 1.22 bits per heavy atom. The van der Waals surface area contributed by atoms with Crippen molar-refractivity contribution >= 4 is 29.5 Å². The van der Waals surface area contributed by atoms with Gasteiger partial charge in [0.1, 0.15) is 17.5 Å². The summed E-state index contributed by atoms with van der Waals surface area (Å²) in [5.41, 5.74) is 6.64. The van der Waals surface area contributed by atoms with E-state index in [4.69, 9.17) is 9.72 Å². The third-order valence-corrected chi connectivity index (χ3v) is 5.96. The molecular formula is C25H35N5OS. The van der Waals surface area contributed by atoms with Crippen molar-refractivity contribution in [3.63, 3.8) is 0 Å². The zero-order chi connectivity index (χ0) is 22.6. The van der Waals surface area contributed by atoms with Crippen LogP contribution in [0.4, 0.5) is 11.5 Å². The fraction of sp³-hybridized carbons (Fsp3) is 0.440. The van der Waals surface area contributed by atoms with Gasteiger partial charge in [0.05, 0.1) is 19.0 Å². The molecule has 0 atom stereocenters. The third kappa shape index (κ3) is 7.79. The molecule has 0 bridgehead atoms. The lowest BCUT2D eigenvalue weighted by molar-refractivity contribution is 0.177. The summed E-state index contributed by atoms with van der Waals surface area (Å²) in [6.07, 6.45) is 7.86. The fourth-order valence-electron chi connectivity index (χ4n) is 3.53. The van der Waals surface area contributed by atoms with Gasteiger partial charge in [-0.25, -0.2) is 4.98 Å². The maximum atomic E-state index is 5.28.